The fourth-order valence-electron chi connectivity index (χ4n) is 4.00. The van der Waals surface area contributed by atoms with Crippen molar-refractivity contribution in [3.8, 4) is 0 Å². The van der Waals surface area contributed by atoms with Gasteiger partial charge in [-0.25, -0.2) is 8.42 Å². The van der Waals surface area contributed by atoms with Crippen LogP contribution in [-0.4, -0.2) is 55.4 Å². The summed E-state index contributed by atoms with van der Waals surface area (Å²) >= 11 is 0. The topological polar surface area (TPSA) is 130 Å². The van der Waals surface area contributed by atoms with Crippen LogP contribution in [0.3, 0.4) is 0 Å². The molecule has 0 saturated heterocycles. The van der Waals surface area contributed by atoms with E-state index in [0.717, 1.165) is 27.8 Å². The van der Waals surface area contributed by atoms with Gasteiger partial charge in [-0.2, -0.15) is 0 Å². The Morgan fingerprint density at radius 3 is 2.11 bits per heavy atom. The number of carbonyl (C=O) groups is 2. The van der Waals surface area contributed by atoms with Crippen molar-refractivity contribution in [1.29, 1.82) is 0 Å². The van der Waals surface area contributed by atoms with E-state index in [1.54, 1.807) is 6.92 Å². The first-order chi connectivity index (χ1) is 18.1. The minimum Gasteiger partial charge on any atom is -0.355 e. The van der Waals surface area contributed by atoms with E-state index >= 15 is 0 Å². The van der Waals surface area contributed by atoms with E-state index < -0.39 is 33.4 Å². The molecule has 11 heteroatoms. The number of rotatable bonds is 12. The van der Waals surface area contributed by atoms with Gasteiger partial charge in [0.15, 0.2) is 0 Å². The monoisotopic (exact) mass is 538 g/mol. The number of anilines is 1. The molecule has 3 aromatic carbocycles. The molecule has 0 fully saturated rings. The van der Waals surface area contributed by atoms with Gasteiger partial charge in [0, 0.05) is 31.6 Å². The molecule has 0 bridgehead atoms. The average molecular weight is 539 g/mol. The minimum absolute atomic E-state index is 0.0210. The highest BCUT2D eigenvalue weighted by atomic mass is 32.2. The molecule has 1 atom stereocenters. The lowest BCUT2D eigenvalue weighted by molar-refractivity contribution is -0.384. The van der Waals surface area contributed by atoms with Crippen molar-refractivity contribution in [2.24, 2.45) is 0 Å². The molecule has 38 heavy (non-hydrogen) atoms. The number of nitro groups is 1. The van der Waals surface area contributed by atoms with Gasteiger partial charge in [0.25, 0.3) is 5.69 Å². The first-order valence-electron chi connectivity index (χ1n) is 12.0. The van der Waals surface area contributed by atoms with Gasteiger partial charge in [0.2, 0.25) is 21.8 Å². The summed E-state index contributed by atoms with van der Waals surface area (Å²) in [5.41, 5.74) is 1.25. The van der Waals surface area contributed by atoms with Crippen molar-refractivity contribution in [3.05, 3.63) is 106 Å². The van der Waals surface area contributed by atoms with Gasteiger partial charge in [-0.1, -0.05) is 66.7 Å². The van der Waals surface area contributed by atoms with Crippen molar-refractivity contribution < 1.29 is 22.9 Å². The summed E-state index contributed by atoms with van der Waals surface area (Å²) in [6.45, 7) is 1.54. The Morgan fingerprint density at radius 2 is 1.55 bits per heavy atom. The fraction of sp³-hybridized carbons (Fsp3) is 0.259. The second-order valence-electron chi connectivity index (χ2n) is 8.65. The molecule has 0 spiro atoms. The number of hydrogen-bond acceptors (Lipinski definition) is 6. The maximum Gasteiger partial charge on any atom is 0.271 e. The Morgan fingerprint density at radius 1 is 0.947 bits per heavy atom. The van der Waals surface area contributed by atoms with Crippen LogP contribution in [0.5, 0.6) is 0 Å². The molecule has 0 radical (unpaired) electrons. The van der Waals surface area contributed by atoms with Crippen LogP contribution in [0.1, 0.15) is 18.1 Å². The summed E-state index contributed by atoms with van der Waals surface area (Å²) in [6.07, 6.45) is 1.13. The third-order valence-corrected chi connectivity index (χ3v) is 6.97. The molecule has 2 amide bonds. The first-order valence-corrected chi connectivity index (χ1v) is 13.8. The van der Waals surface area contributed by atoms with Gasteiger partial charge in [-0.3, -0.25) is 24.0 Å². The summed E-state index contributed by atoms with van der Waals surface area (Å²) in [7, 11) is -4.01. The summed E-state index contributed by atoms with van der Waals surface area (Å²) in [4.78, 5) is 39.1. The molecular formula is C27H30N4O6S. The van der Waals surface area contributed by atoms with Crippen LogP contribution in [-0.2, 0) is 32.6 Å². The fourth-order valence-corrected chi connectivity index (χ4v) is 4.84. The lowest BCUT2D eigenvalue weighted by Crippen LogP contribution is -2.53. The molecule has 3 rings (SSSR count). The van der Waals surface area contributed by atoms with Gasteiger partial charge in [0.05, 0.1) is 16.9 Å². The number of benzene rings is 3. The van der Waals surface area contributed by atoms with Crippen LogP contribution in [0.2, 0.25) is 0 Å². The molecule has 0 heterocycles. The lowest BCUT2D eigenvalue weighted by atomic mass is 10.0. The molecule has 0 aliphatic heterocycles. The second kappa shape index (κ2) is 12.8. The number of nitrogens with zero attached hydrogens (tertiary/aromatic N) is 3. The SMILES string of the molecule is CCNC(=O)[C@@H](Cc1ccccc1)N(Cc1ccccc1)C(=O)CN(c1cccc([N+](=O)[O-])c1)S(C)(=O)=O. The maximum atomic E-state index is 13.8. The molecule has 0 saturated carbocycles. The number of likely N-dealkylation sites (N-methyl/N-ethyl adjacent to an activating group) is 1. The van der Waals surface area contributed by atoms with Crippen molar-refractivity contribution in [1.82, 2.24) is 10.2 Å². The molecule has 0 aromatic heterocycles. The normalized spacial score (nSPS) is 11.8. The van der Waals surface area contributed by atoms with E-state index in [-0.39, 0.29) is 30.2 Å². The Labute approximate surface area is 222 Å². The summed E-state index contributed by atoms with van der Waals surface area (Å²) < 4.78 is 26.3. The van der Waals surface area contributed by atoms with Crippen LogP contribution in [0.15, 0.2) is 84.9 Å². The third-order valence-electron chi connectivity index (χ3n) is 5.83. The van der Waals surface area contributed by atoms with Crippen LogP contribution in [0.4, 0.5) is 11.4 Å². The summed E-state index contributed by atoms with van der Waals surface area (Å²) in [6, 6.07) is 22.4. The van der Waals surface area contributed by atoms with Crippen LogP contribution < -0.4 is 9.62 Å². The van der Waals surface area contributed by atoms with Crippen molar-refractivity contribution in [3.63, 3.8) is 0 Å². The van der Waals surface area contributed by atoms with E-state index in [0.29, 0.717) is 6.54 Å². The van der Waals surface area contributed by atoms with Gasteiger partial charge < -0.3 is 10.2 Å². The Bertz CT molecular complexity index is 1370. The smallest absolute Gasteiger partial charge is 0.271 e. The summed E-state index contributed by atoms with van der Waals surface area (Å²) in [5.74, 6) is -1.00. The zero-order valence-corrected chi connectivity index (χ0v) is 22.0. The number of non-ortho nitro benzene ring substituents is 1. The van der Waals surface area contributed by atoms with E-state index in [1.165, 1.54) is 23.1 Å². The number of nitro benzene ring substituents is 1. The number of nitrogens with one attached hydrogen (secondary N) is 1. The molecule has 0 aliphatic rings. The third kappa shape index (κ3) is 7.62. The molecule has 1 N–H and O–H groups in total. The van der Waals surface area contributed by atoms with Gasteiger partial charge >= 0.3 is 0 Å². The molecule has 10 nitrogen and oxygen atoms in total. The number of carbonyl (C=O) groups excluding carboxylic acids is 2. The average Bonchev–Trinajstić information content (AvgIpc) is 2.89. The standard InChI is InChI=1S/C27H30N4O6S/c1-3-28-27(33)25(17-21-11-6-4-7-12-21)29(19-22-13-8-5-9-14-22)26(32)20-30(38(2,36)37)23-15-10-16-24(18-23)31(34)35/h4-16,18,25H,3,17,19-20H2,1-2H3,(H,28,33)/t25-/m1/s1. The predicted octanol–water partition coefficient (Wildman–Crippen LogP) is 3.14. The van der Waals surface area contributed by atoms with Crippen molar-refractivity contribution in [2.75, 3.05) is 23.7 Å². The van der Waals surface area contributed by atoms with Crippen LogP contribution in [0, 0.1) is 10.1 Å². The van der Waals surface area contributed by atoms with Gasteiger partial charge in [-0.05, 0) is 24.1 Å². The van der Waals surface area contributed by atoms with E-state index in [4.69, 9.17) is 0 Å². The number of amides is 2. The lowest BCUT2D eigenvalue weighted by Gasteiger charge is -2.33. The Hall–Kier alpha value is -4.25. The highest BCUT2D eigenvalue weighted by molar-refractivity contribution is 7.92. The quantitative estimate of drug-likeness (QED) is 0.279. The number of hydrogen-bond donors (Lipinski definition) is 1. The number of sulfonamides is 1. The van der Waals surface area contributed by atoms with Crippen LogP contribution in [0.25, 0.3) is 0 Å². The van der Waals surface area contributed by atoms with E-state index in [9.17, 15) is 28.1 Å². The maximum absolute atomic E-state index is 13.8. The van der Waals surface area contributed by atoms with Crippen LogP contribution >= 0.6 is 0 Å². The van der Waals surface area contributed by atoms with E-state index in [2.05, 4.69) is 5.32 Å². The van der Waals surface area contributed by atoms with Gasteiger partial charge in [-0.15, -0.1) is 0 Å². The Kier molecular flexibility index (Phi) is 9.55. The Balaban J connectivity index is 2.03. The minimum atomic E-state index is -4.01. The molecular weight excluding hydrogens is 508 g/mol. The molecule has 0 unspecified atom stereocenters. The zero-order chi connectivity index (χ0) is 27.7. The second-order valence-corrected chi connectivity index (χ2v) is 10.6. The first kappa shape index (κ1) is 28.3. The zero-order valence-electron chi connectivity index (χ0n) is 21.2. The van der Waals surface area contributed by atoms with Crippen molar-refractivity contribution in [2.45, 2.75) is 25.9 Å². The highest BCUT2D eigenvalue weighted by Gasteiger charge is 2.33. The summed E-state index contributed by atoms with van der Waals surface area (Å²) in [5, 5.41) is 14.1. The molecule has 0 aliphatic carbocycles. The molecule has 200 valence electrons. The largest absolute Gasteiger partial charge is 0.355 e. The van der Waals surface area contributed by atoms with Gasteiger partial charge in [0.1, 0.15) is 12.6 Å². The predicted molar refractivity (Wildman–Crippen MR) is 145 cm³/mol. The highest BCUT2D eigenvalue weighted by Crippen LogP contribution is 2.24. The van der Waals surface area contributed by atoms with Crippen molar-refractivity contribution >= 4 is 33.2 Å². The van der Waals surface area contributed by atoms with E-state index in [1.807, 2.05) is 60.7 Å². The molecule has 3 aromatic rings.